The van der Waals surface area contributed by atoms with Crippen molar-refractivity contribution in [2.24, 2.45) is 0 Å². The number of nitrogens with one attached hydrogen (secondary N) is 2. The lowest BCUT2D eigenvalue weighted by atomic mass is 10.1. The molecule has 0 saturated heterocycles. The summed E-state index contributed by atoms with van der Waals surface area (Å²) in [6.45, 7) is 5.22. The Bertz CT molecular complexity index is 419. The average Bonchev–Trinajstić information content (AvgIpc) is 2.23. The molecule has 0 saturated carbocycles. The monoisotopic (exact) mass is 256 g/mol. The van der Waals surface area contributed by atoms with Gasteiger partial charge in [0.05, 0.1) is 12.1 Å². The predicted octanol–water partition coefficient (Wildman–Crippen LogP) is 2.54. The number of carbonyl (C=O) groups excluding carboxylic acids is 1. The van der Waals surface area contributed by atoms with E-state index in [4.69, 9.17) is 16.7 Å². The number of aryl methyl sites for hydroxylation is 1. The van der Waals surface area contributed by atoms with Crippen LogP contribution in [0.3, 0.4) is 0 Å². The van der Waals surface area contributed by atoms with Gasteiger partial charge in [-0.3, -0.25) is 0 Å². The van der Waals surface area contributed by atoms with Crippen LogP contribution in [0.5, 0.6) is 0 Å². The fourth-order valence-corrected chi connectivity index (χ4v) is 1.40. The molecule has 0 radical (unpaired) electrons. The number of hydrogen-bond acceptors (Lipinski definition) is 2. The Kier molecular flexibility index (Phi) is 4.37. The highest BCUT2D eigenvalue weighted by atomic mass is 35.5. The zero-order chi connectivity index (χ0) is 13.1. The molecule has 17 heavy (non-hydrogen) atoms. The zero-order valence-corrected chi connectivity index (χ0v) is 10.9. The van der Waals surface area contributed by atoms with Gasteiger partial charge in [0.2, 0.25) is 0 Å². The van der Waals surface area contributed by atoms with Gasteiger partial charge in [-0.05, 0) is 38.5 Å². The minimum atomic E-state index is -0.656. The Morgan fingerprint density at radius 2 is 2.12 bits per heavy atom. The van der Waals surface area contributed by atoms with E-state index >= 15 is 0 Å². The first-order valence-corrected chi connectivity index (χ1v) is 5.68. The summed E-state index contributed by atoms with van der Waals surface area (Å²) in [7, 11) is 0. The molecule has 3 N–H and O–H groups in total. The van der Waals surface area contributed by atoms with Crippen molar-refractivity contribution in [1.29, 1.82) is 0 Å². The van der Waals surface area contributed by atoms with E-state index in [-0.39, 0.29) is 12.6 Å². The van der Waals surface area contributed by atoms with E-state index in [0.717, 1.165) is 5.56 Å². The van der Waals surface area contributed by atoms with Crippen LogP contribution in [-0.2, 0) is 0 Å². The molecule has 0 heterocycles. The third-order valence-electron chi connectivity index (χ3n) is 2.30. The summed E-state index contributed by atoms with van der Waals surface area (Å²) in [5.74, 6) is 0. The number of amides is 2. The fourth-order valence-electron chi connectivity index (χ4n) is 1.23. The molecule has 1 aromatic rings. The van der Waals surface area contributed by atoms with Crippen LogP contribution < -0.4 is 10.6 Å². The first-order valence-electron chi connectivity index (χ1n) is 5.30. The SMILES string of the molecule is Cc1ccc(Cl)cc1NC(=O)NC(C)(C)CO. The lowest BCUT2D eigenvalue weighted by molar-refractivity contribution is 0.187. The van der Waals surface area contributed by atoms with Crippen LogP contribution in [0, 0.1) is 6.92 Å². The second-order valence-electron chi connectivity index (χ2n) is 4.58. The molecule has 0 aromatic heterocycles. The molecule has 0 unspecified atom stereocenters. The summed E-state index contributed by atoms with van der Waals surface area (Å²) in [4.78, 5) is 11.7. The maximum Gasteiger partial charge on any atom is 0.319 e. The summed E-state index contributed by atoms with van der Waals surface area (Å²) >= 11 is 5.85. The molecular weight excluding hydrogens is 240 g/mol. The van der Waals surface area contributed by atoms with E-state index in [2.05, 4.69) is 10.6 Å². The third kappa shape index (κ3) is 4.24. The number of rotatable bonds is 3. The number of urea groups is 1. The molecule has 1 rings (SSSR count). The molecular formula is C12H17ClN2O2. The number of halogens is 1. The molecule has 0 aliphatic heterocycles. The molecule has 0 aliphatic carbocycles. The smallest absolute Gasteiger partial charge is 0.319 e. The van der Waals surface area contributed by atoms with E-state index < -0.39 is 5.54 Å². The van der Waals surface area contributed by atoms with Gasteiger partial charge in [-0.25, -0.2) is 4.79 Å². The van der Waals surface area contributed by atoms with Gasteiger partial charge in [0, 0.05) is 10.7 Å². The van der Waals surface area contributed by atoms with Gasteiger partial charge in [-0.1, -0.05) is 17.7 Å². The number of benzene rings is 1. The third-order valence-corrected chi connectivity index (χ3v) is 2.53. The summed E-state index contributed by atoms with van der Waals surface area (Å²) in [5.41, 5.74) is 0.923. The predicted molar refractivity (Wildman–Crippen MR) is 69.5 cm³/mol. The van der Waals surface area contributed by atoms with Crippen LogP contribution in [0.1, 0.15) is 19.4 Å². The van der Waals surface area contributed by atoms with Crippen molar-refractivity contribution >= 4 is 23.3 Å². The van der Waals surface area contributed by atoms with Crippen LogP contribution in [0.25, 0.3) is 0 Å². The topological polar surface area (TPSA) is 61.4 Å². The van der Waals surface area contributed by atoms with Gasteiger partial charge >= 0.3 is 6.03 Å². The average molecular weight is 257 g/mol. The van der Waals surface area contributed by atoms with Crippen molar-refractivity contribution in [1.82, 2.24) is 5.32 Å². The maximum atomic E-state index is 11.7. The first-order chi connectivity index (χ1) is 7.84. The van der Waals surface area contributed by atoms with Gasteiger partial charge in [0.25, 0.3) is 0 Å². The second kappa shape index (κ2) is 5.38. The van der Waals surface area contributed by atoms with Crippen molar-refractivity contribution in [3.05, 3.63) is 28.8 Å². The summed E-state index contributed by atoms with van der Waals surface area (Å²) in [5, 5.41) is 15.0. The Labute approximate surface area is 106 Å². The van der Waals surface area contributed by atoms with Crippen LogP contribution in [-0.4, -0.2) is 23.3 Å². The molecule has 0 spiro atoms. The molecule has 5 heteroatoms. The standard InChI is InChI=1S/C12H17ClN2O2/c1-8-4-5-9(13)6-10(8)14-11(17)15-12(2,3)7-16/h4-6,16H,7H2,1-3H3,(H2,14,15,17). The molecule has 1 aromatic carbocycles. The van der Waals surface area contributed by atoms with Gasteiger partial charge in [0.15, 0.2) is 0 Å². The normalized spacial score (nSPS) is 11.1. The van der Waals surface area contributed by atoms with Crippen LogP contribution >= 0.6 is 11.6 Å². The summed E-state index contributed by atoms with van der Waals surface area (Å²) < 4.78 is 0. The van der Waals surface area contributed by atoms with E-state index in [1.807, 2.05) is 13.0 Å². The second-order valence-corrected chi connectivity index (χ2v) is 5.02. The Hall–Kier alpha value is -1.26. The molecule has 4 nitrogen and oxygen atoms in total. The number of anilines is 1. The van der Waals surface area contributed by atoms with Crippen molar-refractivity contribution in [3.8, 4) is 0 Å². The highest BCUT2D eigenvalue weighted by Crippen LogP contribution is 2.20. The molecule has 94 valence electrons. The van der Waals surface area contributed by atoms with Crippen molar-refractivity contribution < 1.29 is 9.90 Å². The van der Waals surface area contributed by atoms with Gasteiger partial charge in [0.1, 0.15) is 0 Å². The van der Waals surface area contributed by atoms with E-state index in [9.17, 15) is 4.79 Å². The van der Waals surface area contributed by atoms with Crippen molar-refractivity contribution in [3.63, 3.8) is 0 Å². The lowest BCUT2D eigenvalue weighted by Gasteiger charge is -2.23. The summed E-state index contributed by atoms with van der Waals surface area (Å²) in [6, 6.07) is 4.91. The quantitative estimate of drug-likeness (QED) is 0.778. The van der Waals surface area contributed by atoms with Crippen LogP contribution in [0.2, 0.25) is 5.02 Å². The lowest BCUT2D eigenvalue weighted by Crippen LogP contribution is -2.48. The fraction of sp³-hybridized carbons (Fsp3) is 0.417. The Morgan fingerprint density at radius 3 is 2.71 bits per heavy atom. The first kappa shape index (κ1) is 13.8. The molecule has 0 bridgehead atoms. The van der Waals surface area contributed by atoms with Crippen molar-refractivity contribution in [2.45, 2.75) is 26.3 Å². The van der Waals surface area contributed by atoms with E-state index in [1.54, 1.807) is 26.0 Å². The molecule has 0 fully saturated rings. The van der Waals surface area contributed by atoms with Crippen LogP contribution in [0.15, 0.2) is 18.2 Å². The van der Waals surface area contributed by atoms with Crippen LogP contribution in [0.4, 0.5) is 10.5 Å². The summed E-state index contributed by atoms with van der Waals surface area (Å²) in [6.07, 6.45) is 0. The number of aliphatic hydroxyl groups excluding tert-OH is 1. The van der Waals surface area contributed by atoms with E-state index in [1.165, 1.54) is 0 Å². The van der Waals surface area contributed by atoms with Gasteiger partial charge in [-0.15, -0.1) is 0 Å². The minimum absolute atomic E-state index is 0.130. The Morgan fingerprint density at radius 1 is 1.47 bits per heavy atom. The molecule has 2 amide bonds. The number of hydrogen-bond donors (Lipinski definition) is 3. The van der Waals surface area contributed by atoms with E-state index in [0.29, 0.717) is 10.7 Å². The highest BCUT2D eigenvalue weighted by molar-refractivity contribution is 6.31. The Balaban J connectivity index is 2.71. The highest BCUT2D eigenvalue weighted by Gasteiger charge is 2.19. The van der Waals surface area contributed by atoms with Crippen molar-refractivity contribution in [2.75, 3.05) is 11.9 Å². The number of aliphatic hydroxyl groups is 1. The van der Waals surface area contributed by atoms with Gasteiger partial charge in [-0.2, -0.15) is 0 Å². The zero-order valence-electron chi connectivity index (χ0n) is 10.2. The maximum absolute atomic E-state index is 11.7. The molecule has 0 atom stereocenters. The number of carbonyl (C=O) groups is 1. The largest absolute Gasteiger partial charge is 0.394 e. The minimum Gasteiger partial charge on any atom is -0.394 e. The molecule has 0 aliphatic rings. The van der Waals surface area contributed by atoms with Gasteiger partial charge < -0.3 is 15.7 Å².